The van der Waals surface area contributed by atoms with Gasteiger partial charge < -0.3 is 4.74 Å². The zero-order valence-electron chi connectivity index (χ0n) is 11.2. The maximum absolute atomic E-state index is 11.8. The van der Waals surface area contributed by atoms with Crippen LogP contribution in [-0.4, -0.2) is 28.6 Å². The Balaban J connectivity index is 1.96. The first-order valence-corrected chi connectivity index (χ1v) is 8.33. The molecule has 0 fully saturated rings. The Morgan fingerprint density at radius 2 is 2.14 bits per heavy atom. The van der Waals surface area contributed by atoms with Crippen molar-refractivity contribution in [1.29, 1.82) is 0 Å². The molecule has 1 aromatic carbocycles. The number of aliphatic imine (C=N–C) groups is 1. The van der Waals surface area contributed by atoms with Gasteiger partial charge in [0.25, 0.3) is 5.91 Å². The average molecular weight is 342 g/mol. The van der Waals surface area contributed by atoms with Crippen LogP contribution >= 0.6 is 35.1 Å². The number of nitrogens with zero attached hydrogens (tertiary/aromatic N) is 1. The van der Waals surface area contributed by atoms with E-state index in [4.69, 9.17) is 16.3 Å². The predicted molar refractivity (Wildman–Crippen MR) is 88.6 cm³/mol. The molecule has 1 amide bonds. The lowest BCUT2D eigenvalue weighted by Crippen LogP contribution is -2.07. The number of hydrogen-bond donors (Lipinski definition) is 0. The molecule has 1 aliphatic rings. The topological polar surface area (TPSA) is 55.7 Å². The number of thioether (sulfide) groups is 2. The fraction of sp³-hybridized carbons (Fsp3) is 0.214. The van der Waals surface area contributed by atoms with E-state index in [9.17, 15) is 9.59 Å². The first-order chi connectivity index (χ1) is 10.1. The predicted octanol–water partition coefficient (Wildman–Crippen LogP) is 3.61. The van der Waals surface area contributed by atoms with Crippen LogP contribution in [0.4, 0.5) is 0 Å². The molecular formula is C14H12ClNO3S2. The van der Waals surface area contributed by atoms with Crippen LogP contribution in [0.2, 0.25) is 5.02 Å². The van der Waals surface area contributed by atoms with Gasteiger partial charge >= 0.3 is 5.97 Å². The van der Waals surface area contributed by atoms with Gasteiger partial charge in [-0.25, -0.2) is 0 Å². The van der Waals surface area contributed by atoms with E-state index in [-0.39, 0.29) is 17.6 Å². The van der Waals surface area contributed by atoms with Crippen LogP contribution < -0.4 is 0 Å². The van der Waals surface area contributed by atoms with E-state index in [1.807, 2.05) is 12.1 Å². The molecule has 1 aromatic rings. The lowest BCUT2D eigenvalue weighted by Gasteiger charge is -2.00. The lowest BCUT2D eigenvalue weighted by molar-refractivity contribution is -0.139. The Morgan fingerprint density at radius 3 is 2.81 bits per heavy atom. The molecule has 2 rings (SSSR count). The summed E-state index contributed by atoms with van der Waals surface area (Å²) in [6, 6.07) is 7.17. The molecule has 0 unspecified atom stereocenters. The minimum Gasteiger partial charge on any atom is -0.465 e. The van der Waals surface area contributed by atoms with Crippen molar-refractivity contribution in [1.82, 2.24) is 0 Å². The minimum atomic E-state index is -0.312. The number of carbonyl (C=O) groups is 2. The number of amides is 1. The van der Waals surface area contributed by atoms with Crippen LogP contribution in [0.25, 0.3) is 6.08 Å². The molecule has 7 heteroatoms. The number of benzene rings is 1. The van der Waals surface area contributed by atoms with Gasteiger partial charge in [0.2, 0.25) is 0 Å². The zero-order chi connectivity index (χ0) is 15.2. The summed E-state index contributed by atoms with van der Waals surface area (Å²) in [5.74, 6) is -0.448. The fourth-order valence-electron chi connectivity index (χ4n) is 1.49. The van der Waals surface area contributed by atoms with Crippen LogP contribution in [0, 0.1) is 0 Å². The monoisotopic (exact) mass is 341 g/mol. The molecule has 4 nitrogen and oxygen atoms in total. The molecule has 0 saturated carbocycles. The number of rotatable bonds is 4. The third kappa shape index (κ3) is 4.91. The zero-order valence-corrected chi connectivity index (χ0v) is 13.6. The molecule has 0 spiro atoms. The first-order valence-electron chi connectivity index (χ1n) is 6.15. The molecule has 0 bridgehead atoms. The molecule has 110 valence electrons. The van der Waals surface area contributed by atoms with E-state index in [2.05, 4.69) is 4.99 Å². The third-order valence-electron chi connectivity index (χ3n) is 2.39. The van der Waals surface area contributed by atoms with Crippen molar-refractivity contribution in [2.24, 2.45) is 4.99 Å². The summed E-state index contributed by atoms with van der Waals surface area (Å²) in [5.41, 5.74) is 0.877. The number of hydrogen-bond acceptors (Lipinski definition) is 5. The second kappa shape index (κ2) is 7.68. The highest BCUT2D eigenvalue weighted by Gasteiger charge is 2.22. The summed E-state index contributed by atoms with van der Waals surface area (Å²) in [4.78, 5) is 27.5. The highest BCUT2D eigenvalue weighted by Crippen LogP contribution is 2.33. The van der Waals surface area contributed by atoms with Gasteiger partial charge in [0.1, 0.15) is 4.38 Å². The first kappa shape index (κ1) is 16.1. The smallest absolute Gasteiger partial charge is 0.316 e. The van der Waals surface area contributed by atoms with Crippen molar-refractivity contribution >= 4 is 57.5 Å². The van der Waals surface area contributed by atoms with Crippen molar-refractivity contribution in [3.8, 4) is 0 Å². The lowest BCUT2D eigenvalue weighted by atomic mass is 10.2. The van der Waals surface area contributed by atoms with Gasteiger partial charge in [-0.1, -0.05) is 47.3 Å². The van der Waals surface area contributed by atoms with Crippen molar-refractivity contribution in [3.05, 3.63) is 39.8 Å². The molecule has 0 atom stereocenters. The van der Waals surface area contributed by atoms with E-state index in [1.54, 1.807) is 25.1 Å². The highest BCUT2D eigenvalue weighted by molar-refractivity contribution is 8.41. The van der Waals surface area contributed by atoms with Gasteiger partial charge in [0.15, 0.2) is 0 Å². The molecule has 0 radical (unpaired) electrons. The highest BCUT2D eigenvalue weighted by atomic mass is 35.5. The van der Waals surface area contributed by atoms with E-state index in [0.717, 1.165) is 5.56 Å². The summed E-state index contributed by atoms with van der Waals surface area (Å²) in [7, 11) is 0. The number of esters is 1. The molecule has 0 N–H and O–H groups in total. The van der Waals surface area contributed by atoms with Gasteiger partial charge in [0, 0.05) is 5.02 Å². The van der Waals surface area contributed by atoms with Crippen LogP contribution in [-0.2, 0) is 14.3 Å². The quantitative estimate of drug-likeness (QED) is 0.618. The molecule has 0 saturated heterocycles. The number of halogens is 1. The van der Waals surface area contributed by atoms with E-state index in [1.165, 1.54) is 23.5 Å². The van der Waals surface area contributed by atoms with Gasteiger partial charge in [-0.3, -0.25) is 9.59 Å². The Morgan fingerprint density at radius 1 is 1.43 bits per heavy atom. The Hall–Kier alpha value is -1.24. The molecule has 21 heavy (non-hydrogen) atoms. The molecule has 1 aliphatic heterocycles. The molecule has 1 heterocycles. The van der Waals surface area contributed by atoms with Crippen LogP contribution in [0.15, 0.2) is 34.2 Å². The van der Waals surface area contributed by atoms with Gasteiger partial charge in [-0.05, 0) is 30.7 Å². The van der Waals surface area contributed by atoms with Crippen LogP contribution in [0.5, 0.6) is 0 Å². The second-order valence-electron chi connectivity index (χ2n) is 3.94. The maximum Gasteiger partial charge on any atom is 0.316 e. The van der Waals surface area contributed by atoms with Crippen molar-refractivity contribution in [3.63, 3.8) is 0 Å². The normalized spacial score (nSPS) is 16.2. The average Bonchev–Trinajstić information content (AvgIpc) is 2.80. The third-order valence-corrected chi connectivity index (χ3v) is 4.74. The minimum absolute atomic E-state index is 0.154. The summed E-state index contributed by atoms with van der Waals surface area (Å²) in [6.07, 6.45) is 1.75. The summed E-state index contributed by atoms with van der Waals surface area (Å²) >= 11 is 8.28. The standard InChI is InChI=1S/C14H12ClNO3S2/c1-2-19-12(17)8-20-14-16-13(18)11(21-14)7-9-3-5-10(15)6-4-9/h3-7H,2,8H2,1H3/b11-7-. The van der Waals surface area contributed by atoms with Gasteiger partial charge in [-0.2, -0.15) is 4.99 Å². The SMILES string of the molecule is CCOC(=O)CSC1=NC(=O)/C(=C/c2ccc(Cl)cc2)S1. The molecule has 0 aliphatic carbocycles. The Labute approximate surface area is 136 Å². The maximum atomic E-state index is 11.8. The van der Waals surface area contributed by atoms with Crippen molar-refractivity contribution in [2.75, 3.05) is 12.4 Å². The van der Waals surface area contributed by atoms with Gasteiger partial charge in [0.05, 0.1) is 17.3 Å². The van der Waals surface area contributed by atoms with Crippen molar-refractivity contribution in [2.45, 2.75) is 6.92 Å². The van der Waals surface area contributed by atoms with Gasteiger partial charge in [-0.15, -0.1) is 0 Å². The molecule has 0 aromatic heterocycles. The molecular weight excluding hydrogens is 330 g/mol. The number of ether oxygens (including phenoxy) is 1. The Bertz CT molecular complexity index is 611. The largest absolute Gasteiger partial charge is 0.465 e. The fourth-order valence-corrected chi connectivity index (χ4v) is 3.41. The second-order valence-corrected chi connectivity index (χ2v) is 6.63. The van der Waals surface area contributed by atoms with Crippen molar-refractivity contribution < 1.29 is 14.3 Å². The van der Waals surface area contributed by atoms with Crippen LogP contribution in [0.3, 0.4) is 0 Å². The van der Waals surface area contributed by atoms with E-state index >= 15 is 0 Å². The van der Waals surface area contributed by atoms with E-state index < -0.39 is 0 Å². The van der Waals surface area contributed by atoms with E-state index in [0.29, 0.717) is 20.9 Å². The number of carbonyl (C=O) groups excluding carboxylic acids is 2. The summed E-state index contributed by atoms with van der Waals surface area (Å²) < 4.78 is 5.39. The Kier molecular flexibility index (Phi) is 5.90. The summed E-state index contributed by atoms with van der Waals surface area (Å²) in [6.45, 7) is 2.10. The van der Waals surface area contributed by atoms with Crippen LogP contribution in [0.1, 0.15) is 12.5 Å². The summed E-state index contributed by atoms with van der Waals surface area (Å²) in [5, 5.41) is 0.643.